The fourth-order valence-corrected chi connectivity index (χ4v) is 3.77. The number of fused-ring (bicyclic) bond motifs is 1. The molecule has 3 heterocycles. The number of imidazole rings is 1. The number of aryl methyl sites for hydroxylation is 3. The zero-order chi connectivity index (χ0) is 18.1. The van der Waals surface area contributed by atoms with Crippen LogP contribution in [0.3, 0.4) is 0 Å². The summed E-state index contributed by atoms with van der Waals surface area (Å²) in [6.45, 7) is 8.45. The number of aromatic nitrogens is 3. The van der Waals surface area contributed by atoms with E-state index in [0.29, 0.717) is 6.54 Å². The molecule has 0 saturated heterocycles. The van der Waals surface area contributed by atoms with Crippen LogP contribution in [0.15, 0.2) is 24.4 Å². The van der Waals surface area contributed by atoms with Gasteiger partial charge in [0, 0.05) is 23.8 Å². The van der Waals surface area contributed by atoms with E-state index in [-0.39, 0.29) is 12.1 Å². The second-order valence-electron chi connectivity index (χ2n) is 6.25. The number of carbonyl (C=O) groups excluding carboxylic acids is 1. The first-order valence-electron chi connectivity index (χ1n) is 8.25. The van der Waals surface area contributed by atoms with E-state index in [1.807, 2.05) is 56.5 Å². The van der Waals surface area contributed by atoms with Crippen LogP contribution < -0.4 is 5.32 Å². The van der Waals surface area contributed by atoms with E-state index in [1.165, 1.54) is 0 Å². The summed E-state index contributed by atoms with van der Waals surface area (Å²) in [5.41, 5.74) is 3.80. The molecule has 0 aliphatic carbocycles. The molecule has 0 bridgehead atoms. The second-order valence-corrected chi connectivity index (χ2v) is 7.65. The lowest BCUT2D eigenvalue weighted by Gasteiger charge is -2.24. The number of nitrogens with zero attached hydrogens (tertiary/aromatic N) is 4. The van der Waals surface area contributed by atoms with Crippen molar-refractivity contribution in [3.05, 3.63) is 51.4 Å². The van der Waals surface area contributed by atoms with Gasteiger partial charge >= 0.3 is 6.03 Å². The number of pyridine rings is 1. The van der Waals surface area contributed by atoms with E-state index in [4.69, 9.17) is 0 Å². The zero-order valence-corrected chi connectivity index (χ0v) is 16.0. The van der Waals surface area contributed by atoms with Crippen LogP contribution in [0.25, 0.3) is 5.65 Å². The molecule has 1 N–H and O–H groups in total. The molecule has 0 saturated carbocycles. The molecule has 3 aromatic rings. The highest BCUT2D eigenvalue weighted by Crippen LogP contribution is 2.25. The van der Waals surface area contributed by atoms with Gasteiger partial charge in [-0.05, 0) is 39.8 Å². The Morgan fingerprint density at radius 3 is 2.72 bits per heavy atom. The Labute approximate surface area is 151 Å². The molecule has 2 amide bonds. The summed E-state index contributed by atoms with van der Waals surface area (Å²) < 4.78 is 2.02. The Bertz CT molecular complexity index is 913. The Hall–Kier alpha value is -2.41. The highest BCUT2D eigenvalue weighted by atomic mass is 32.1. The Morgan fingerprint density at radius 1 is 1.32 bits per heavy atom. The molecule has 25 heavy (non-hydrogen) atoms. The minimum atomic E-state index is -0.133. The van der Waals surface area contributed by atoms with Gasteiger partial charge in [-0.25, -0.2) is 14.8 Å². The fraction of sp³-hybridized carbons (Fsp3) is 0.389. The second kappa shape index (κ2) is 6.84. The molecular weight excluding hydrogens is 334 g/mol. The van der Waals surface area contributed by atoms with E-state index in [1.54, 1.807) is 23.3 Å². The van der Waals surface area contributed by atoms with Gasteiger partial charge in [-0.15, -0.1) is 11.3 Å². The highest BCUT2D eigenvalue weighted by molar-refractivity contribution is 7.11. The maximum atomic E-state index is 12.5. The Kier molecular flexibility index (Phi) is 4.76. The summed E-state index contributed by atoms with van der Waals surface area (Å²) in [6.07, 6.45) is 1.96. The van der Waals surface area contributed by atoms with Gasteiger partial charge in [0.05, 0.1) is 29.0 Å². The summed E-state index contributed by atoms with van der Waals surface area (Å²) in [5.74, 6) is 0. The molecule has 1 atom stereocenters. The molecule has 0 aliphatic rings. The molecule has 1 unspecified atom stereocenters. The molecular formula is C18H23N5OS. The van der Waals surface area contributed by atoms with Gasteiger partial charge in [0.1, 0.15) is 5.65 Å². The zero-order valence-electron chi connectivity index (χ0n) is 15.2. The van der Waals surface area contributed by atoms with Crippen LogP contribution in [-0.2, 0) is 6.54 Å². The van der Waals surface area contributed by atoms with E-state index in [2.05, 4.69) is 15.3 Å². The molecule has 0 fully saturated rings. The maximum Gasteiger partial charge on any atom is 0.318 e. The number of urea groups is 1. The van der Waals surface area contributed by atoms with Crippen LogP contribution >= 0.6 is 11.3 Å². The first kappa shape index (κ1) is 17.4. The van der Waals surface area contributed by atoms with Gasteiger partial charge in [0.25, 0.3) is 0 Å². The van der Waals surface area contributed by atoms with Crippen LogP contribution in [0.1, 0.15) is 39.9 Å². The van der Waals surface area contributed by atoms with E-state index >= 15 is 0 Å². The Balaban J connectivity index is 1.66. The minimum absolute atomic E-state index is 0.0757. The van der Waals surface area contributed by atoms with Crippen LogP contribution in [0.5, 0.6) is 0 Å². The molecule has 0 aliphatic heterocycles. The quantitative estimate of drug-likeness (QED) is 0.776. The summed E-state index contributed by atoms with van der Waals surface area (Å²) in [6, 6.07) is 5.76. The molecule has 3 rings (SSSR count). The van der Waals surface area contributed by atoms with Gasteiger partial charge in [0.2, 0.25) is 0 Å². The molecule has 6 nitrogen and oxygen atoms in total. The van der Waals surface area contributed by atoms with E-state index in [0.717, 1.165) is 32.6 Å². The van der Waals surface area contributed by atoms with Crippen molar-refractivity contribution < 1.29 is 4.79 Å². The number of carbonyl (C=O) groups is 1. The largest absolute Gasteiger partial charge is 0.332 e. The first-order chi connectivity index (χ1) is 11.9. The van der Waals surface area contributed by atoms with Crippen molar-refractivity contribution in [1.29, 1.82) is 0 Å². The van der Waals surface area contributed by atoms with Crippen LogP contribution in [0.2, 0.25) is 0 Å². The van der Waals surface area contributed by atoms with Crippen molar-refractivity contribution in [1.82, 2.24) is 24.6 Å². The Morgan fingerprint density at radius 2 is 2.08 bits per heavy atom. The topological polar surface area (TPSA) is 62.5 Å². The molecule has 7 heteroatoms. The SMILES string of the molecule is Cc1nc(C(C)N(C)C(=O)NCc2cn3c(C)cccc3n2)c(C)s1. The number of thiazole rings is 1. The minimum Gasteiger partial charge on any atom is -0.332 e. The average molecular weight is 357 g/mol. The normalized spacial score (nSPS) is 12.4. The third kappa shape index (κ3) is 3.51. The predicted octanol–water partition coefficient (Wildman–Crippen LogP) is 3.62. The smallest absolute Gasteiger partial charge is 0.318 e. The lowest BCUT2D eigenvalue weighted by molar-refractivity contribution is 0.193. The van der Waals surface area contributed by atoms with Gasteiger partial charge in [-0.3, -0.25) is 0 Å². The fourth-order valence-electron chi connectivity index (χ4n) is 2.87. The molecule has 0 spiro atoms. The van der Waals surface area contributed by atoms with Crippen molar-refractivity contribution in [2.45, 2.75) is 40.3 Å². The average Bonchev–Trinajstić information content (AvgIpc) is 3.14. The number of nitrogens with one attached hydrogen (secondary N) is 1. The summed E-state index contributed by atoms with van der Waals surface area (Å²) in [7, 11) is 1.79. The summed E-state index contributed by atoms with van der Waals surface area (Å²) in [5, 5.41) is 3.96. The van der Waals surface area contributed by atoms with Crippen LogP contribution in [-0.4, -0.2) is 32.3 Å². The van der Waals surface area contributed by atoms with Crippen LogP contribution in [0.4, 0.5) is 4.79 Å². The number of amides is 2. The third-order valence-electron chi connectivity index (χ3n) is 4.40. The number of hydrogen-bond acceptors (Lipinski definition) is 4. The first-order valence-corrected chi connectivity index (χ1v) is 9.06. The van der Waals surface area contributed by atoms with Crippen molar-refractivity contribution >= 4 is 23.0 Å². The van der Waals surface area contributed by atoms with Gasteiger partial charge < -0.3 is 14.6 Å². The summed E-state index contributed by atoms with van der Waals surface area (Å²) >= 11 is 1.66. The lowest BCUT2D eigenvalue weighted by Crippen LogP contribution is -2.38. The van der Waals surface area contributed by atoms with Crippen molar-refractivity contribution in [2.24, 2.45) is 0 Å². The van der Waals surface area contributed by atoms with Gasteiger partial charge in [0.15, 0.2) is 0 Å². The van der Waals surface area contributed by atoms with Crippen molar-refractivity contribution in [3.8, 4) is 0 Å². The third-order valence-corrected chi connectivity index (χ3v) is 5.30. The summed E-state index contributed by atoms with van der Waals surface area (Å²) in [4.78, 5) is 24.4. The predicted molar refractivity (Wildman–Crippen MR) is 99.9 cm³/mol. The number of rotatable bonds is 4. The standard InChI is InChI=1S/C18H23N5OS/c1-11-7-6-8-16-21-15(10-23(11)16)9-19-18(24)22(5)12(2)17-13(3)25-14(4)20-17/h6-8,10,12H,9H2,1-5H3,(H,19,24). The number of hydrogen-bond donors (Lipinski definition) is 1. The molecule has 132 valence electrons. The van der Waals surface area contributed by atoms with Gasteiger partial charge in [-0.1, -0.05) is 6.07 Å². The van der Waals surface area contributed by atoms with Crippen molar-refractivity contribution in [3.63, 3.8) is 0 Å². The monoisotopic (exact) mass is 357 g/mol. The van der Waals surface area contributed by atoms with Crippen LogP contribution in [0, 0.1) is 20.8 Å². The lowest BCUT2D eigenvalue weighted by atomic mass is 10.2. The van der Waals surface area contributed by atoms with E-state index < -0.39 is 0 Å². The van der Waals surface area contributed by atoms with Crippen molar-refractivity contribution in [2.75, 3.05) is 7.05 Å². The van der Waals surface area contributed by atoms with Gasteiger partial charge in [-0.2, -0.15) is 0 Å². The van der Waals surface area contributed by atoms with E-state index in [9.17, 15) is 4.79 Å². The molecule has 0 radical (unpaired) electrons. The maximum absolute atomic E-state index is 12.5. The molecule has 3 aromatic heterocycles. The highest BCUT2D eigenvalue weighted by Gasteiger charge is 2.21. The molecule has 0 aromatic carbocycles.